The van der Waals surface area contributed by atoms with Gasteiger partial charge in [-0.05, 0) is 6.07 Å². The van der Waals surface area contributed by atoms with Gasteiger partial charge in [0.25, 0.3) is 0 Å². The number of para-hydroxylation sites is 1. The molecule has 0 unspecified atom stereocenters. The van der Waals surface area contributed by atoms with E-state index in [0.717, 1.165) is 0 Å². The van der Waals surface area contributed by atoms with Gasteiger partial charge in [-0.1, -0.05) is 18.2 Å². The Bertz CT molecular complexity index is 324. The fraction of sp³-hybridized carbons (Fsp3) is 0.333. The van der Waals surface area contributed by atoms with Crippen LogP contribution in [0.3, 0.4) is 0 Å². The van der Waals surface area contributed by atoms with Crippen LogP contribution in [0.25, 0.3) is 0 Å². The van der Waals surface area contributed by atoms with Crippen LogP contribution in [0.15, 0.2) is 24.3 Å². The van der Waals surface area contributed by atoms with Gasteiger partial charge in [0.1, 0.15) is 5.75 Å². The van der Waals surface area contributed by atoms with Crippen LogP contribution < -0.4 is 4.52 Å². The van der Waals surface area contributed by atoms with E-state index in [9.17, 15) is 0 Å². The SMILES string of the molecule is OP(O)Oc1ccccc1C1OCCO1. The summed E-state index contributed by atoms with van der Waals surface area (Å²) in [5, 5.41) is 0. The topological polar surface area (TPSA) is 68.2 Å². The lowest BCUT2D eigenvalue weighted by Gasteiger charge is -2.14. The molecule has 0 saturated carbocycles. The van der Waals surface area contributed by atoms with Crippen molar-refractivity contribution in [2.24, 2.45) is 0 Å². The number of hydrogen-bond acceptors (Lipinski definition) is 5. The summed E-state index contributed by atoms with van der Waals surface area (Å²) in [6, 6.07) is 6.96. The van der Waals surface area contributed by atoms with E-state index >= 15 is 0 Å². The summed E-state index contributed by atoms with van der Waals surface area (Å²) < 4.78 is 15.5. The Balaban J connectivity index is 2.20. The van der Waals surface area contributed by atoms with Gasteiger partial charge in [0.15, 0.2) is 6.29 Å². The van der Waals surface area contributed by atoms with E-state index in [1.807, 2.05) is 6.07 Å². The van der Waals surface area contributed by atoms with Gasteiger partial charge >= 0.3 is 8.60 Å². The highest BCUT2D eigenvalue weighted by atomic mass is 31.2. The molecule has 1 aromatic rings. The molecule has 0 aliphatic carbocycles. The molecule has 0 spiro atoms. The molecule has 6 heteroatoms. The smallest absolute Gasteiger partial charge is 0.391 e. The third-order valence-corrected chi connectivity index (χ3v) is 2.33. The van der Waals surface area contributed by atoms with Crippen molar-refractivity contribution in [2.75, 3.05) is 13.2 Å². The number of benzene rings is 1. The molecule has 0 radical (unpaired) electrons. The molecule has 82 valence electrons. The van der Waals surface area contributed by atoms with Gasteiger partial charge in [0.05, 0.1) is 18.8 Å². The van der Waals surface area contributed by atoms with Crippen molar-refractivity contribution >= 4 is 8.60 Å². The molecule has 0 amide bonds. The van der Waals surface area contributed by atoms with E-state index in [4.69, 9.17) is 23.8 Å². The van der Waals surface area contributed by atoms with Gasteiger partial charge in [-0.2, -0.15) is 0 Å². The van der Waals surface area contributed by atoms with Crippen molar-refractivity contribution in [3.63, 3.8) is 0 Å². The van der Waals surface area contributed by atoms with Crippen LogP contribution in [0.4, 0.5) is 0 Å². The molecule has 1 saturated heterocycles. The maximum atomic E-state index is 8.79. The van der Waals surface area contributed by atoms with Crippen molar-refractivity contribution in [3.8, 4) is 5.75 Å². The highest BCUT2D eigenvalue weighted by Crippen LogP contribution is 2.36. The molecular formula is C9H11O5P. The first kappa shape index (κ1) is 10.8. The molecular weight excluding hydrogens is 219 g/mol. The number of rotatable bonds is 3. The van der Waals surface area contributed by atoms with Crippen molar-refractivity contribution in [1.29, 1.82) is 0 Å². The molecule has 1 fully saturated rings. The third-order valence-electron chi connectivity index (χ3n) is 1.97. The normalized spacial score (nSPS) is 17.3. The predicted molar refractivity (Wildman–Crippen MR) is 53.1 cm³/mol. The van der Waals surface area contributed by atoms with Gasteiger partial charge in [-0.3, -0.25) is 0 Å². The summed E-state index contributed by atoms with van der Waals surface area (Å²) >= 11 is 0. The first-order valence-corrected chi connectivity index (χ1v) is 5.62. The minimum absolute atomic E-state index is 0.375. The summed E-state index contributed by atoms with van der Waals surface area (Å²) in [6.45, 7) is 1.07. The third kappa shape index (κ3) is 2.65. The highest BCUT2D eigenvalue weighted by Gasteiger charge is 2.22. The highest BCUT2D eigenvalue weighted by molar-refractivity contribution is 7.39. The second-order valence-electron chi connectivity index (χ2n) is 2.96. The molecule has 0 aromatic heterocycles. The quantitative estimate of drug-likeness (QED) is 0.766. The van der Waals surface area contributed by atoms with Crippen LogP contribution in [-0.4, -0.2) is 23.0 Å². The fourth-order valence-electron chi connectivity index (χ4n) is 1.38. The molecule has 0 bridgehead atoms. The van der Waals surface area contributed by atoms with E-state index in [-0.39, 0.29) is 0 Å². The Morgan fingerprint density at radius 1 is 1.20 bits per heavy atom. The van der Waals surface area contributed by atoms with Crippen LogP contribution in [-0.2, 0) is 9.47 Å². The van der Waals surface area contributed by atoms with E-state index in [0.29, 0.717) is 24.5 Å². The van der Waals surface area contributed by atoms with E-state index in [1.165, 1.54) is 0 Å². The van der Waals surface area contributed by atoms with Crippen LogP contribution in [0.2, 0.25) is 0 Å². The number of hydrogen-bond donors (Lipinski definition) is 2. The molecule has 2 N–H and O–H groups in total. The molecule has 1 aliphatic rings. The lowest BCUT2D eigenvalue weighted by molar-refractivity contribution is -0.0450. The second kappa shape index (κ2) is 4.88. The zero-order chi connectivity index (χ0) is 10.7. The summed E-state index contributed by atoms with van der Waals surface area (Å²) in [5.41, 5.74) is 0.672. The van der Waals surface area contributed by atoms with Gasteiger partial charge in [-0.25, -0.2) is 0 Å². The Labute approximate surface area is 88.2 Å². The van der Waals surface area contributed by atoms with E-state index in [1.54, 1.807) is 18.2 Å². The monoisotopic (exact) mass is 230 g/mol. The average molecular weight is 230 g/mol. The van der Waals surface area contributed by atoms with Crippen LogP contribution in [0, 0.1) is 0 Å². The maximum Gasteiger partial charge on any atom is 0.391 e. The second-order valence-corrected chi connectivity index (χ2v) is 3.64. The van der Waals surface area contributed by atoms with Gasteiger partial charge in [0, 0.05) is 0 Å². The zero-order valence-electron chi connectivity index (χ0n) is 7.87. The van der Waals surface area contributed by atoms with Gasteiger partial charge < -0.3 is 23.8 Å². The summed E-state index contributed by atoms with van der Waals surface area (Å²) in [4.78, 5) is 17.6. The van der Waals surface area contributed by atoms with E-state index in [2.05, 4.69) is 0 Å². The molecule has 2 rings (SSSR count). The van der Waals surface area contributed by atoms with Gasteiger partial charge in [0.2, 0.25) is 0 Å². The summed E-state index contributed by atoms with van der Waals surface area (Å²) in [5.74, 6) is 0.375. The Hall–Kier alpha value is -0.710. The summed E-state index contributed by atoms with van der Waals surface area (Å²) in [7, 11) is -2.42. The van der Waals surface area contributed by atoms with Crippen molar-refractivity contribution in [3.05, 3.63) is 29.8 Å². The largest absolute Gasteiger partial charge is 0.427 e. The first-order valence-electron chi connectivity index (χ1n) is 4.45. The summed E-state index contributed by atoms with van der Waals surface area (Å²) in [6.07, 6.45) is -0.476. The molecule has 15 heavy (non-hydrogen) atoms. The Morgan fingerprint density at radius 3 is 2.53 bits per heavy atom. The fourth-order valence-corrected chi connectivity index (χ4v) is 1.73. The van der Waals surface area contributed by atoms with Crippen LogP contribution in [0.1, 0.15) is 11.9 Å². The Morgan fingerprint density at radius 2 is 1.87 bits per heavy atom. The van der Waals surface area contributed by atoms with Gasteiger partial charge in [-0.15, -0.1) is 0 Å². The van der Waals surface area contributed by atoms with E-state index < -0.39 is 14.9 Å². The van der Waals surface area contributed by atoms with Crippen molar-refractivity contribution < 1.29 is 23.8 Å². The van der Waals surface area contributed by atoms with Crippen LogP contribution in [0.5, 0.6) is 5.75 Å². The lowest BCUT2D eigenvalue weighted by Crippen LogP contribution is -2.00. The first-order chi connectivity index (χ1) is 7.27. The van der Waals surface area contributed by atoms with Crippen LogP contribution >= 0.6 is 8.60 Å². The Kier molecular flexibility index (Phi) is 3.51. The minimum Gasteiger partial charge on any atom is -0.427 e. The molecule has 1 heterocycles. The van der Waals surface area contributed by atoms with Crippen molar-refractivity contribution in [2.45, 2.75) is 6.29 Å². The average Bonchev–Trinajstić information content (AvgIpc) is 2.70. The molecule has 5 nitrogen and oxygen atoms in total. The molecule has 1 aromatic carbocycles. The van der Waals surface area contributed by atoms with Crippen molar-refractivity contribution in [1.82, 2.24) is 0 Å². The molecule has 0 atom stereocenters. The predicted octanol–water partition coefficient (Wildman–Crippen LogP) is 1.32. The lowest BCUT2D eigenvalue weighted by atomic mass is 10.2. The number of ether oxygens (including phenoxy) is 2. The zero-order valence-corrected chi connectivity index (χ0v) is 8.76. The molecule has 1 aliphatic heterocycles. The minimum atomic E-state index is -2.42. The maximum absolute atomic E-state index is 8.79. The standard InChI is InChI=1S/C9H11O5P/c10-15(11)14-8-4-2-1-3-7(8)9-12-5-6-13-9/h1-4,9-11H,5-6H2.